The van der Waals surface area contributed by atoms with E-state index < -0.39 is 0 Å². The molecule has 0 radical (unpaired) electrons. The third-order valence-electron chi connectivity index (χ3n) is 4.52. The Morgan fingerprint density at radius 1 is 1.26 bits per heavy atom. The van der Waals surface area contributed by atoms with Crippen molar-refractivity contribution in [2.45, 2.75) is 44.2 Å². The maximum atomic E-state index is 13.6. The predicted molar refractivity (Wildman–Crippen MR) is 77.9 cm³/mol. The first kappa shape index (κ1) is 14.5. The SMILES string of the molecule is CN(C)C(C)(C)CNC1CC(c2ccccc2F)C1. The largest absolute Gasteiger partial charge is 0.312 e. The van der Waals surface area contributed by atoms with E-state index in [9.17, 15) is 4.39 Å². The monoisotopic (exact) mass is 264 g/mol. The van der Waals surface area contributed by atoms with E-state index in [0.29, 0.717) is 12.0 Å². The van der Waals surface area contributed by atoms with Gasteiger partial charge in [-0.3, -0.25) is 0 Å². The van der Waals surface area contributed by atoms with E-state index in [2.05, 4.69) is 38.2 Å². The number of rotatable bonds is 5. The molecule has 0 bridgehead atoms. The Balaban J connectivity index is 1.80. The minimum absolute atomic E-state index is 0.0560. The van der Waals surface area contributed by atoms with E-state index in [1.807, 2.05) is 12.1 Å². The van der Waals surface area contributed by atoms with Gasteiger partial charge in [-0.15, -0.1) is 0 Å². The average Bonchev–Trinajstić information content (AvgIpc) is 2.29. The van der Waals surface area contributed by atoms with Crippen LogP contribution < -0.4 is 5.32 Å². The Labute approximate surface area is 116 Å². The van der Waals surface area contributed by atoms with E-state index in [1.165, 1.54) is 0 Å². The Morgan fingerprint density at radius 2 is 1.89 bits per heavy atom. The van der Waals surface area contributed by atoms with Crippen molar-refractivity contribution in [2.24, 2.45) is 0 Å². The van der Waals surface area contributed by atoms with E-state index in [-0.39, 0.29) is 11.4 Å². The van der Waals surface area contributed by atoms with Gasteiger partial charge in [0.25, 0.3) is 0 Å². The number of likely N-dealkylation sites (N-methyl/N-ethyl adjacent to an activating group) is 1. The maximum Gasteiger partial charge on any atom is 0.126 e. The van der Waals surface area contributed by atoms with E-state index in [0.717, 1.165) is 24.9 Å². The normalized spacial score (nSPS) is 23.5. The number of nitrogens with zero attached hydrogens (tertiary/aromatic N) is 1. The lowest BCUT2D eigenvalue weighted by Crippen LogP contribution is -2.51. The highest BCUT2D eigenvalue weighted by Crippen LogP contribution is 2.38. The minimum Gasteiger partial charge on any atom is -0.312 e. The van der Waals surface area contributed by atoms with Crippen LogP contribution in [0.5, 0.6) is 0 Å². The molecule has 2 rings (SSSR count). The first-order chi connectivity index (χ1) is 8.90. The third kappa shape index (κ3) is 3.34. The summed E-state index contributed by atoms with van der Waals surface area (Å²) < 4.78 is 13.6. The smallest absolute Gasteiger partial charge is 0.126 e. The molecule has 1 N–H and O–H groups in total. The molecule has 3 heteroatoms. The molecule has 2 nitrogen and oxygen atoms in total. The van der Waals surface area contributed by atoms with Crippen LogP contribution >= 0.6 is 0 Å². The minimum atomic E-state index is -0.0560. The van der Waals surface area contributed by atoms with Crippen molar-refractivity contribution in [3.63, 3.8) is 0 Å². The standard InChI is InChI=1S/C16H25FN2/c1-16(2,19(3)4)11-18-13-9-12(10-13)14-7-5-6-8-15(14)17/h5-8,12-13,18H,9-11H2,1-4H3. The Morgan fingerprint density at radius 3 is 2.47 bits per heavy atom. The van der Waals surface area contributed by atoms with Crippen LogP contribution in [0.1, 0.15) is 38.2 Å². The molecular formula is C16H25FN2. The number of hydrogen-bond acceptors (Lipinski definition) is 2. The van der Waals surface area contributed by atoms with Crippen LogP contribution in [0, 0.1) is 5.82 Å². The molecule has 1 fully saturated rings. The number of benzene rings is 1. The fourth-order valence-electron chi connectivity index (χ4n) is 2.40. The Kier molecular flexibility index (Phi) is 4.26. The Hall–Kier alpha value is -0.930. The molecule has 0 amide bonds. The van der Waals surface area contributed by atoms with Crippen molar-refractivity contribution in [3.05, 3.63) is 35.6 Å². The van der Waals surface area contributed by atoms with E-state index in [4.69, 9.17) is 0 Å². The van der Waals surface area contributed by atoms with Gasteiger partial charge in [-0.2, -0.15) is 0 Å². The lowest BCUT2D eigenvalue weighted by atomic mass is 9.75. The topological polar surface area (TPSA) is 15.3 Å². The zero-order valence-corrected chi connectivity index (χ0v) is 12.4. The molecule has 0 saturated heterocycles. The van der Waals surface area contributed by atoms with Gasteiger partial charge in [-0.05, 0) is 58.3 Å². The first-order valence-corrected chi connectivity index (χ1v) is 7.05. The average molecular weight is 264 g/mol. The van der Waals surface area contributed by atoms with Gasteiger partial charge in [0.15, 0.2) is 0 Å². The van der Waals surface area contributed by atoms with Crippen molar-refractivity contribution < 1.29 is 4.39 Å². The van der Waals surface area contributed by atoms with Gasteiger partial charge in [-0.25, -0.2) is 4.39 Å². The highest BCUT2D eigenvalue weighted by atomic mass is 19.1. The lowest BCUT2D eigenvalue weighted by Gasteiger charge is -2.40. The maximum absolute atomic E-state index is 13.6. The molecule has 1 aromatic rings. The van der Waals surface area contributed by atoms with Crippen molar-refractivity contribution in [1.29, 1.82) is 0 Å². The van der Waals surface area contributed by atoms with Gasteiger partial charge in [-0.1, -0.05) is 18.2 Å². The quantitative estimate of drug-likeness (QED) is 0.879. The second kappa shape index (κ2) is 5.59. The second-order valence-electron chi connectivity index (χ2n) is 6.47. The van der Waals surface area contributed by atoms with Crippen LogP contribution in [0.15, 0.2) is 24.3 Å². The zero-order valence-electron chi connectivity index (χ0n) is 12.4. The molecule has 0 aromatic heterocycles. The summed E-state index contributed by atoms with van der Waals surface area (Å²) in [5.41, 5.74) is 1.04. The zero-order chi connectivity index (χ0) is 14.0. The van der Waals surface area contributed by atoms with Crippen LogP contribution in [0.2, 0.25) is 0 Å². The molecule has 0 heterocycles. The van der Waals surface area contributed by atoms with Crippen molar-refractivity contribution in [2.75, 3.05) is 20.6 Å². The fourth-order valence-corrected chi connectivity index (χ4v) is 2.40. The lowest BCUT2D eigenvalue weighted by molar-refractivity contribution is 0.167. The van der Waals surface area contributed by atoms with Crippen LogP contribution in [0.25, 0.3) is 0 Å². The summed E-state index contributed by atoms with van der Waals surface area (Å²) in [4.78, 5) is 2.23. The predicted octanol–water partition coefficient (Wildman–Crippen LogP) is 3.00. The summed E-state index contributed by atoms with van der Waals surface area (Å²) in [6.45, 7) is 5.43. The van der Waals surface area contributed by atoms with Crippen molar-refractivity contribution in [1.82, 2.24) is 10.2 Å². The molecule has 106 valence electrons. The molecule has 0 unspecified atom stereocenters. The molecule has 1 aliphatic carbocycles. The summed E-state index contributed by atoms with van der Waals surface area (Å²) in [5.74, 6) is 0.334. The van der Waals surface area contributed by atoms with E-state index >= 15 is 0 Å². The van der Waals surface area contributed by atoms with Crippen molar-refractivity contribution in [3.8, 4) is 0 Å². The molecule has 19 heavy (non-hydrogen) atoms. The number of halogens is 1. The van der Waals surface area contributed by atoms with Crippen LogP contribution in [-0.2, 0) is 0 Å². The number of hydrogen-bond donors (Lipinski definition) is 1. The van der Waals surface area contributed by atoms with Gasteiger partial charge in [0.1, 0.15) is 5.82 Å². The van der Waals surface area contributed by atoms with Crippen LogP contribution in [-0.4, -0.2) is 37.1 Å². The van der Waals surface area contributed by atoms with Crippen LogP contribution in [0.4, 0.5) is 4.39 Å². The van der Waals surface area contributed by atoms with Gasteiger partial charge in [0.2, 0.25) is 0 Å². The molecule has 0 aliphatic heterocycles. The van der Waals surface area contributed by atoms with Gasteiger partial charge in [0, 0.05) is 18.1 Å². The highest BCUT2D eigenvalue weighted by molar-refractivity contribution is 5.24. The Bertz CT molecular complexity index is 423. The van der Waals surface area contributed by atoms with Crippen molar-refractivity contribution >= 4 is 0 Å². The summed E-state index contributed by atoms with van der Waals surface area (Å²) in [5, 5.41) is 3.60. The molecule has 1 aromatic carbocycles. The molecule has 1 aliphatic rings. The van der Waals surface area contributed by atoms with Gasteiger partial charge >= 0.3 is 0 Å². The van der Waals surface area contributed by atoms with E-state index in [1.54, 1.807) is 12.1 Å². The second-order valence-corrected chi connectivity index (χ2v) is 6.47. The molecule has 0 atom stereocenters. The highest BCUT2D eigenvalue weighted by Gasteiger charge is 2.33. The van der Waals surface area contributed by atoms with Gasteiger partial charge in [0.05, 0.1) is 0 Å². The number of nitrogens with one attached hydrogen (secondary N) is 1. The molecule has 0 spiro atoms. The summed E-state index contributed by atoms with van der Waals surface area (Å²) >= 11 is 0. The summed E-state index contributed by atoms with van der Waals surface area (Å²) in [6.07, 6.45) is 2.09. The molecule has 1 saturated carbocycles. The summed E-state index contributed by atoms with van der Waals surface area (Å²) in [7, 11) is 4.20. The third-order valence-corrected chi connectivity index (χ3v) is 4.52. The summed E-state index contributed by atoms with van der Waals surface area (Å²) in [6, 6.07) is 7.69. The van der Waals surface area contributed by atoms with Gasteiger partial charge < -0.3 is 10.2 Å². The molecular weight excluding hydrogens is 239 g/mol. The first-order valence-electron chi connectivity index (χ1n) is 7.05. The van der Waals surface area contributed by atoms with Crippen LogP contribution in [0.3, 0.4) is 0 Å². The fraction of sp³-hybridized carbons (Fsp3) is 0.625.